The molecule has 0 aromatic rings. The normalized spacial score (nSPS) is 15.6. The predicted octanol–water partition coefficient (Wildman–Crippen LogP) is 2.54. The molecule has 0 aliphatic carbocycles. The van der Waals surface area contributed by atoms with Gasteiger partial charge < -0.3 is 10.1 Å². The summed E-state index contributed by atoms with van der Waals surface area (Å²) in [6, 6.07) is 0. The molecule has 5 heteroatoms. The van der Waals surface area contributed by atoms with Crippen LogP contribution in [0.5, 0.6) is 0 Å². The van der Waals surface area contributed by atoms with Gasteiger partial charge in [0.05, 0.1) is 12.5 Å². The van der Waals surface area contributed by atoms with Crippen molar-refractivity contribution in [2.75, 3.05) is 19.0 Å². The lowest BCUT2D eigenvalue weighted by molar-refractivity contribution is -0.145. The van der Waals surface area contributed by atoms with Crippen molar-refractivity contribution in [3.05, 3.63) is 0 Å². The van der Waals surface area contributed by atoms with E-state index < -0.39 is 10.8 Å². The van der Waals surface area contributed by atoms with Gasteiger partial charge in [0.25, 0.3) is 0 Å². The summed E-state index contributed by atoms with van der Waals surface area (Å²) in [5.74, 6) is -0.439. The minimum Gasteiger partial charge on any atom is -0.465 e. The molecule has 0 aromatic heterocycles. The van der Waals surface area contributed by atoms with Crippen LogP contribution in [0.4, 0.5) is 0 Å². The summed E-state index contributed by atoms with van der Waals surface area (Å²) in [6.45, 7) is 8.51. The zero-order valence-corrected chi connectivity index (χ0v) is 11.9. The first-order valence-electron chi connectivity index (χ1n) is 5.48. The third-order valence-electron chi connectivity index (χ3n) is 2.58. The van der Waals surface area contributed by atoms with Crippen molar-refractivity contribution in [2.24, 2.45) is 0 Å². The SMILES string of the molecule is CCOC(=O)C(Cl)(CCl)CNC(C)(C)CC. The standard InChI is InChI=1S/C11H21Cl2NO2/c1-5-10(3,4)14-8-11(13,7-12)9(15)16-6-2/h14H,5-8H2,1-4H3. The number of ether oxygens (including phenoxy) is 1. The minimum atomic E-state index is -1.18. The van der Waals surface area contributed by atoms with Crippen LogP contribution in [-0.2, 0) is 9.53 Å². The van der Waals surface area contributed by atoms with Crippen molar-refractivity contribution in [3.8, 4) is 0 Å². The van der Waals surface area contributed by atoms with E-state index in [0.29, 0.717) is 13.2 Å². The minimum absolute atomic E-state index is 0.0280. The van der Waals surface area contributed by atoms with Gasteiger partial charge in [0, 0.05) is 12.1 Å². The van der Waals surface area contributed by atoms with E-state index in [1.54, 1.807) is 6.92 Å². The molecular formula is C11H21Cl2NO2. The maximum atomic E-state index is 11.6. The van der Waals surface area contributed by atoms with Crippen LogP contribution in [-0.4, -0.2) is 35.4 Å². The van der Waals surface area contributed by atoms with E-state index in [1.165, 1.54) is 0 Å². The Bertz CT molecular complexity index is 234. The van der Waals surface area contributed by atoms with Crippen molar-refractivity contribution < 1.29 is 9.53 Å². The van der Waals surface area contributed by atoms with Crippen molar-refractivity contribution in [3.63, 3.8) is 0 Å². The summed E-state index contributed by atoms with van der Waals surface area (Å²) in [6.07, 6.45) is 0.936. The molecule has 96 valence electrons. The zero-order valence-electron chi connectivity index (χ0n) is 10.4. The molecule has 0 spiro atoms. The van der Waals surface area contributed by atoms with Crippen LogP contribution < -0.4 is 5.32 Å². The van der Waals surface area contributed by atoms with Gasteiger partial charge in [-0.2, -0.15) is 0 Å². The summed E-state index contributed by atoms with van der Waals surface area (Å²) >= 11 is 11.9. The van der Waals surface area contributed by atoms with Crippen LogP contribution in [0.1, 0.15) is 34.1 Å². The molecule has 3 nitrogen and oxygen atoms in total. The molecule has 1 N–H and O–H groups in total. The molecule has 1 unspecified atom stereocenters. The van der Waals surface area contributed by atoms with E-state index in [1.807, 2.05) is 13.8 Å². The van der Waals surface area contributed by atoms with Crippen LogP contribution in [0.15, 0.2) is 0 Å². The maximum Gasteiger partial charge on any atom is 0.329 e. The molecular weight excluding hydrogens is 249 g/mol. The van der Waals surface area contributed by atoms with E-state index in [4.69, 9.17) is 27.9 Å². The summed E-state index contributed by atoms with van der Waals surface area (Å²) < 4.78 is 4.90. The first-order valence-corrected chi connectivity index (χ1v) is 6.39. The van der Waals surface area contributed by atoms with Gasteiger partial charge >= 0.3 is 5.97 Å². The van der Waals surface area contributed by atoms with E-state index >= 15 is 0 Å². The number of nitrogens with one attached hydrogen (secondary N) is 1. The van der Waals surface area contributed by atoms with Crippen molar-refractivity contribution in [2.45, 2.75) is 44.5 Å². The highest BCUT2D eigenvalue weighted by Gasteiger charge is 2.38. The summed E-state index contributed by atoms with van der Waals surface area (Å²) in [4.78, 5) is 10.4. The Morgan fingerprint density at radius 1 is 1.38 bits per heavy atom. The number of esters is 1. The Morgan fingerprint density at radius 3 is 2.31 bits per heavy atom. The molecule has 0 rings (SSSR count). The summed E-state index contributed by atoms with van der Waals surface area (Å²) in [7, 11) is 0. The average Bonchev–Trinajstić information content (AvgIpc) is 2.26. The maximum absolute atomic E-state index is 11.6. The zero-order chi connectivity index (χ0) is 12.8. The Labute approximate surface area is 108 Å². The van der Waals surface area contributed by atoms with Gasteiger partial charge in [-0.3, -0.25) is 4.79 Å². The molecule has 16 heavy (non-hydrogen) atoms. The van der Waals surface area contributed by atoms with Crippen LogP contribution in [0, 0.1) is 0 Å². The van der Waals surface area contributed by atoms with Gasteiger partial charge in [-0.25, -0.2) is 0 Å². The molecule has 0 saturated heterocycles. The third-order valence-corrected chi connectivity index (χ3v) is 3.60. The number of hydrogen-bond acceptors (Lipinski definition) is 3. The quantitative estimate of drug-likeness (QED) is 0.570. The average molecular weight is 270 g/mol. The lowest BCUT2D eigenvalue weighted by atomic mass is 10.0. The molecule has 0 heterocycles. The van der Waals surface area contributed by atoms with Gasteiger partial charge in [0.15, 0.2) is 4.87 Å². The van der Waals surface area contributed by atoms with Gasteiger partial charge in [0.2, 0.25) is 0 Å². The third kappa shape index (κ3) is 4.89. The molecule has 0 aliphatic heterocycles. The summed E-state index contributed by atoms with van der Waals surface area (Å²) in [5, 5.41) is 3.22. The molecule has 0 saturated carbocycles. The molecule has 0 bridgehead atoms. The number of carbonyl (C=O) groups is 1. The number of halogens is 2. The second kappa shape index (κ2) is 6.67. The second-order valence-electron chi connectivity index (χ2n) is 4.41. The molecule has 1 atom stereocenters. The predicted molar refractivity (Wildman–Crippen MR) is 68.3 cm³/mol. The largest absolute Gasteiger partial charge is 0.465 e. The topological polar surface area (TPSA) is 38.3 Å². The van der Waals surface area contributed by atoms with Crippen LogP contribution in [0.2, 0.25) is 0 Å². The van der Waals surface area contributed by atoms with Crippen molar-refractivity contribution in [1.82, 2.24) is 5.32 Å². The van der Waals surface area contributed by atoms with Crippen LogP contribution in [0.3, 0.4) is 0 Å². The van der Waals surface area contributed by atoms with Gasteiger partial charge in [-0.1, -0.05) is 6.92 Å². The molecule has 0 aliphatic rings. The van der Waals surface area contributed by atoms with Crippen LogP contribution >= 0.6 is 23.2 Å². The number of hydrogen-bond donors (Lipinski definition) is 1. The number of carbonyl (C=O) groups excluding carboxylic acids is 1. The Kier molecular flexibility index (Phi) is 6.68. The Hall–Kier alpha value is 0.01000. The highest BCUT2D eigenvalue weighted by molar-refractivity contribution is 6.39. The molecule has 0 aromatic carbocycles. The molecule has 0 radical (unpaired) electrons. The lowest BCUT2D eigenvalue weighted by Crippen LogP contribution is -2.51. The Balaban J connectivity index is 4.43. The lowest BCUT2D eigenvalue weighted by Gasteiger charge is -2.30. The number of alkyl halides is 2. The highest BCUT2D eigenvalue weighted by Crippen LogP contribution is 2.20. The fourth-order valence-corrected chi connectivity index (χ4v) is 1.26. The van der Waals surface area contributed by atoms with Crippen LogP contribution in [0.25, 0.3) is 0 Å². The van der Waals surface area contributed by atoms with Crippen molar-refractivity contribution in [1.29, 1.82) is 0 Å². The van der Waals surface area contributed by atoms with E-state index in [-0.39, 0.29) is 11.4 Å². The fraction of sp³-hybridized carbons (Fsp3) is 0.909. The number of rotatable bonds is 7. The van der Waals surface area contributed by atoms with E-state index in [2.05, 4.69) is 12.2 Å². The second-order valence-corrected chi connectivity index (χ2v) is 5.40. The van der Waals surface area contributed by atoms with E-state index in [9.17, 15) is 4.79 Å². The highest BCUT2D eigenvalue weighted by atomic mass is 35.5. The molecule has 0 fully saturated rings. The van der Waals surface area contributed by atoms with E-state index in [0.717, 1.165) is 6.42 Å². The monoisotopic (exact) mass is 269 g/mol. The first-order chi connectivity index (χ1) is 7.31. The van der Waals surface area contributed by atoms with Gasteiger partial charge in [0.1, 0.15) is 0 Å². The fourth-order valence-electron chi connectivity index (χ4n) is 0.939. The Morgan fingerprint density at radius 2 is 1.94 bits per heavy atom. The first kappa shape index (κ1) is 16.0. The van der Waals surface area contributed by atoms with Gasteiger partial charge in [-0.05, 0) is 27.2 Å². The van der Waals surface area contributed by atoms with Gasteiger partial charge in [-0.15, -0.1) is 23.2 Å². The summed E-state index contributed by atoms with van der Waals surface area (Å²) in [5.41, 5.74) is -0.0707. The molecule has 0 amide bonds. The smallest absolute Gasteiger partial charge is 0.329 e. The van der Waals surface area contributed by atoms with Crippen molar-refractivity contribution >= 4 is 29.2 Å².